The van der Waals surface area contributed by atoms with Crippen molar-refractivity contribution < 1.29 is 24.2 Å². The van der Waals surface area contributed by atoms with Gasteiger partial charge in [0.15, 0.2) is 0 Å². The van der Waals surface area contributed by atoms with Crippen LogP contribution in [0.15, 0.2) is 0 Å². The maximum absolute atomic E-state index is 10.9. The zero-order valence-electron chi connectivity index (χ0n) is 8.52. The number of rotatable bonds is 7. The third kappa shape index (κ3) is 9.27. The quantitative estimate of drug-likeness (QED) is 0.403. The van der Waals surface area contributed by atoms with Gasteiger partial charge in [0.1, 0.15) is 0 Å². The first kappa shape index (κ1) is 14.0. The third-order valence-electron chi connectivity index (χ3n) is 1.43. The molecule has 0 atom stereocenters. The molecule has 0 aromatic carbocycles. The fourth-order valence-corrected chi connectivity index (χ4v) is 1.50. The number of aliphatic carboxylic acids is 1. The van der Waals surface area contributed by atoms with Gasteiger partial charge in [0.2, 0.25) is 0 Å². The SMILES string of the molecule is CCC(=O)OC(=O)CCSCCC(=O)O. The fourth-order valence-electron chi connectivity index (χ4n) is 0.667. The Hall–Kier alpha value is -1.04. The van der Waals surface area contributed by atoms with Gasteiger partial charge in [-0.2, -0.15) is 11.8 Å². The van der Waals surface area contributed by atoms with Gasteiger partial charge < -0.3 is 9.84 Å². The van der Waals surface area contributed by atoms with E-state index in [4.69, 9.17) is 5.11 Å². The number of thioether (sulfide) groups is 1. The molecule has 0 saturated heterocycles. The fraction of sp³-hybridized carbons (Fsp3) is 0.667. The second-order valence-electron chi connectivity index (χ2n) is 2.71. The number of carboxylic acids is 1. The van der Waals surface area contributed by atoms with Gasteiger partial charge in [0, 0.05) is 17.9 Å². The molecule has 5 nitrogen and oxygen atoms in total. The van der Waals surface area contributed by atoms with Crippen molar-refractivity contribution in [3.8, 4) is 0 Å². The topological polar surface area (TPSA) is 80.7 Å². The monoisotopic (exact) mass is 234 g/mol. The highest BCUT2D eigenvalue weighted by molar-refractivity contribution is 7.99. The highest BCUT2D eigenvalue weighted by Gasteiger charge is 2.07. The summed E-state index contributed by atoms with van der Waals surface area (Å²) in [4.78, 5) is 31.7. The lowest BCUT2D eigenvalue weighted by atomic mass is 10.5. The van der Waals surface area contributed by atoms with Crippen LogP contribution in [0.25, 0.3) is 0 Å². The molecule has 0 bridgehead atoms. The molecule has 0 aromatic heterocycles. The molecule has 0 heterocycles. The lowest BCUT2D eigenvalue weighted by molar-refractivity contribution is -0.159. The summed E-state index contributed by atoms with van der Waals surface area (Å²) in [6.07, 6.45) is 0.390. The van der Waals surface area contributed by atoms with E-state index in [1.807, 2.05) is 0 Å². The lowest BCUT2D eigenvalue weighted by Crippen LogP contribution is -2.11. The molecule has 0 radical (unpaired) electrons. The molecule has 86 valence electrons. The average molecular weight is 234 g/mol. The Labute approximate surface area is 92.2 Å². The van der Waals surface area contributed by atoms with E-state index in [0.717, 1.165) is 0 Å². The molecular weight excluding hydrogens is 220 g/mol. The van der Waals surface area contributed by atoms with Crippen LogP contribution < -0.4 is 0 Å². The van der Waals surface area contributed by atoms with E-state index in [0.29, 0.717) is 11.5 Å². The Morgan fingerprint density at radius 1 is 1.13 bits per heavy atom. The summed E-state index contributed by atoms with van der Waals surface area (Å²) in [6.45, 7) is 1.61. The van der Waals surface area contributed by atoms with E-state index in [-0.39, 0.29) is 19.3 Å². The van der Waals surface area contributed by atoms with Crippen LogP contribution in [0.3, 0.4) is 0 Å². The van der Waals surface area contributed by atoms with Gasteiger partial charge in [-0.15, -0.1) is 0 Å². The van der Waals surface area contributed by atoms with E-state index in [1.165, 1.54) is 11.8 Å². The van der Waals surface area contributed by atoms with Crippen LogP contribution in [0.5, 0.6) is 0 Å². The summed E-state index contributed by atoms with van der Waals surface area (Å²) >= 11 is 1.35. The third-order valence-corrected chi connectivity index (χ3v) is 2.41. The molecular formula is C9H14O5S. The molecule has 0 fully saturated rings. The number of hydrogen-bond donors (Lipinski definition) is 1. The first-order chi connectivity index (χ1) is 7.06. The number of carboxylic acid groups (broad SMARTS) is 1. The predicted octanol–water partition coefficient (Wildman–Crippen LogP) is 1.06. The van der Waals surface area contributed by atoms with Crippen LogP contribution >= 0.6 is 11.8 Å². The minimum atomic E-state index is -0.855. The van der Waals surface area contributed by atoms with Crippen LogP contribution in [-0.2, 0) is 19.1 Å². The Kier molecular flexibility index (Phi) is 7.71. The van der Waals surface area contributed by atoms with Crippen LogP contribution in [0.1, 0.15) is 26.2 Å². The zero-order valence-corrected chi connectivity index (χ0v) is 9.34. The summed E-state index contributed by atoms with van der Waals surface area (Å²) in [5, 5.41) is 8.32. The Morgan fingerprint density at radius 3 is 2.27 bits per heavy atom. The molecule has 1 N–H and O–H groups in total. The highest BCUT2D eigenvalue weighted by atomic mass is 32.2. The summed E-state index contributed by atoms with van der Waals surface area (Å²) in [6, 6.07) is 0. The average Bonchev–Trinajstić information content (AvgIpc) is 2.16. The molecule has 6 heteroatoms. The van der Waals surface area contributed by atoms with Crippen LogP contribution in [-0.4, -0.2) is 34.5 Å². The largest absolute Gasteiger partial charge is 0.481 e. The summed E-state index contributed by atoms with van der Waals surface area (Å²) in [5.41, 5.74) is 0. The molecule has 0 aliphatic rings. The van der Waals surface area contributed by atoms with E-state index in [9.17, 15) is 14.4 Å². The molecule has 0 amide bonds. The van der Waals surface area contributed by atoms with Gasteiger partial charge in [-0.3, -0.25) is 14.4 Å². The molecule has 0 aliphatic carbocycles. The Bertz CT molecular complexity index is 239. The van der Waals surface area contributed by atoms with Gasteiger partial charge in [-0.25, -0.2) is 0 Å². The minimum Gasteiger partial charge on any atom is -0.481 e. The number of esters is 2. The van der Waals surface area contributed by atoms with E-state index in [1.54, 1.807) is 6.92 Å². The van der Waals surface area contributed by atoms with E-state index < -0.39 is 17.9 Å². The molecule has 15 heavy (non-hydrogen) atoms. The van der Waals surface area contributed by atoms with Gasteiger partial charge in [0.05, 0.1) is 12.8 Å². The van der Waals surface area contributed by atoms with Crippen LogP contribution in [0.4, 0.5) is 0 Å². The van der Waals surface area contributed by atoms with E-state index in [2.05, 4.69) is 4.74 Å². The lowest BCUT2D eigenvalue weighted by Gasteiger charge is -2.00. The van der Waals surface area contributed by atoms with Crippen molar-refractivity contribution in [3.05, 3.63) is 0 Å². The van der Waals surface area contributed by atoms with Crippen molar-refractivity contribution in [3.63, 3.8) is 0 Å². The second-order valence-corrected chi connectivity index (χ2v) is 3.93. The summed E-state index contributed by atoms with van der Waals surface area (Å²) < 4.78 is 4.42. The van der Waals surface area contributed by atoms with Gasteiger partial charge >= 0.3 is 17.9 Å². The first-order valence-electron chi connectivity index (χ1n) is 4.59. The molecule has 0 aliphatic heterocycles. The van der Waals surface area contributed by atoms with Gasteiger partial charge in [-0.05, 0) is 0 Å². The molecule has 0 spiro atoms. The van der Waals surface area contributed by atoms with Crippen molar-refractivity contribution in [1.29, 1.82) is 0 Å². The van der Waals surface area contributed by atoms with Crippen molar-refractivity contribution >= 4 is 29.7 Å². The molecule has 0 saturated carbocycles. The second kappa shape index (κ2) is 8.28. The Balaban J connectivity index is 3.39. The summed E-state index contributed by atoms with van der Waals surface area (Å²) in [7, 11) is 0. The first-order valence-corrected chi connectivity index (χ1v) is 5.74. The molecule has 0 rings (SSSR count). The van der Waals surface area contributed by atoms with Crippen molar-refractivity contribution in [2.75, 3.05) is 11.5 Å². The van der Waals surface area contributed by atoms with Crippen molar-refractivity contribution in [1.82, 2.24) is 0 Å². The number of hydrogen-bond acceptors (Lipinski definition) is 5. The normalized spacial score (nSPS) is 9.67. The maximum Gasteiger partial charge on any atom is 0.314 e. The maximum atomic E-state index is 10.9. The number of carbonyl (C=O) groups is 3. The molecule has 0 aromatic rings. The van der Waals surface area contributed by atoms with Gasteiger partial charge in [-0.1, -0.05) is 6.92 Å². The zero-order chi connectivity index (χ0) is 11.7. The predicted molar refractivity (Wildman–Crippen MR) is 55.6 cm³/mol. The highest BCUT2D eigenvalue weighted by Crippen LogP contribution is 2.05. The minimum absolute atomic E-state index is 0.0770. The molecule has 0 unspecified atom stereocenters. The van der Waals surface area contributed by atoms with E-state index >= 15 is 0 Å². The number of ether oxygens (including phenoxy) is 1. The van der Waals surface area contributed by atoms with Crippen molar-refractivity contribution in [2.45, 2.75) is 26.2 Å². The standard InChI is InChI=1S/C9H14O5S/c1-2-8(12)14-9(13)4-6-15-5-3-7(10)11/h2-6H2,1H3,(H,10,11). The Morgan fingerprint density at radius 2 is 1.73 bits per heavy atom. The van der Waals surface area contributed by atoms with Crippen LogP contribution in [0.2, 0.25) is 0 Å². The van der Waals surface area contributed by atoms with Gasteiger partial charge in [0.25, 0.3) is 0 Å². The van der Waals surface area contributed by atoms with Crippen LogP contribution in [0, 0.1) is 0 Å². The number of carbonyl (C=O) groups excluding carboxylic acids is 2. The van der Waals surface area contributed by atoms with Crippen molar-refractivity contribution in [2.24, 2.45) is 0 Å². The summed E-state index contributed by atoms with van der Waals surface area (Å²) in [5.74, 6) is -1.00. The smallest absolute Gasteiger partial charge is 0.314 e.